The Kier molecular flexibility index (Phi) is 15.5. The summed E-state index contributed by atoms with van der Waals surface area (Å²) in [5, 5.41) is 12.8. The lowest BCUT2D eigenvalue weighted by atomic mass is 9.90. The van der Waals surface area contributed by atoms with E-state index in [1.165, 1.54) is 56.6 Å². The Morgan fingerprint density at radius 2 is 1.54 bits per heavy atom. The number of fused-ring (bicyclic) bond motifs is 2. The third-order valence-corrected chi connectivity index (χ3v) is 14.1. The van der Waals surface area contributed by atoms with Gasteiger partial charge in [0.15, 0.2) is 0 Å². The maximum Gasteiger partial charge on any atom is 0.510 e. The number of likely N-dealkylation sites (tertiary alicyclic amines) is 1. The van der Waals surface area contributed by atoms with E-state index in [2.05, 4.69) is 20.9 Å². The molecule has 1 aromatic heterocycles. The average Bonchev–Trinajstić information content (AvgIpc) is 4.00. The smallest absolute Gasteiger partial charge is 0.432 e. The molecule has 4 heterocycles. The van der Waals surface area contributed by atoms with Crippen LogP contribution in [0.15, 0.2) is 54.6 Å². The maximum absolute atomic E-state index is 16.3. The van der Waals surface area contributed by atoms with Crippen LogP contribution in [0.3, 0.4) is 0 Å². The highest BCUT2D eigenvalue weighted by Gasteiger charge is 2.56. The summed E-state index contributed by atoms with van der Waals surface area (Å²) in [6.07, 6.45) is -2.66. The molecule has 350 valence electrons. The van der Waals surface area contributed by atoms with Crippen LogP contribution in [-0.4, -0.2) is 121 Å². The average molecular weight is 946 g/mol. The Bertz CT molecular complexity index is 2330. The molecule has 3 fully saturated rings. The molecule has 1 unspecified atom stereocenters. The molecule has 3 saturated heterocycles. The van der Waals surface area contributed by atoms with Crippen molar-refractivity contribution >= 4 is 65.0 Å². The number of hydrogen-bond acceptors (Lipinski definition) is 15. The van der Waals surface area contributed by atoms with Gasteiger partial charge in [-0.3, -0.25) is 32.8 Å². The van der Waals surface area contributed by atoms with Crippen LogP contribution in [-0.2, 0) is 52.6 Å². The first-order valence-electron chi connectivity index (χ1n) is 20.9. The summed E-state index contributed by atoms with van der Waals surface area (Å²) in [4.78, 5) is 83.8. The summed E-state index contributed by atoms with van der Waals surface area (Å²) in [5.41, 5.74) is -4.45. The van der Waals surface area contributed by atoms with E-state index in [4.69, 9.17) is 18.5 Å². The first-order chi connectivity index (χ1) is 30.8. The predicted octanol–water partition coefficient (Wildman–Crippen LogP) is 6.69. The van der Waals surface area contributed by atoms with Gasteiger partial charge in [0.05, 0.1) is 29.1 Å². The fraction of sp³-hybridized carbons (Fsp3) is 0.512. The second-order valence-corrected chi connectivity index (χ2v) is 19.4. The van der Waals surface area contributed by atoms with Crippen LogP contribution in [0.5, 0.6) is 0 Å². The van der Waals surface area contributed by atoms with Gasteiger partial charge in [-0.05, 0) is 76.1 Å². The van der Waals surface area contributed by atoms with Crippen molar-refractivity contribution in [2.75, 3.05) is 39.8 Å². The molecule has 0 aliphatic carbocycles. The first kappa shape index (κ1) is 48.8. The van der Waals surface area contributed by atoms with Crippen LogP contribution in [0.2, 0.25) is 0 Å². The van der Waals surface area contributed by atoms with Crippen molar-refractivity contribution in [3.05, 3.63) is 70.6 Å². The molecule has 2 aromatic carbocycles. The van der Waals surface area contributed by atoms with Gasteiger partial charge in [-0.15, -0.1) is 11.3 Å². The predicted molar refractivity (Wildman–Crippen MR) is 227 cm³/mol. The highest BCUT2D eigenvalue weighted by molar-refractivity contribution is 7.54. The van der Waals surface area contributed by atoms with E-state index < -0.39 is 92.8 Å². The number of ether oxygens (including phenoxy) is 4. The molecule has 5 atom stereocenters. The molecule has 1 N–H and O–H groups in total. The molecule has 0 bridgehead atoms. The Morgan fingerprint density at radius 1 is 0.892 bits per heavy atom. The molecule has 0 spiro atoms. The zero-order chi connectivity index (χ0) is 47.2. The lowest BCUT2D eigenvalue weighted by Gasteiger charge is -2.39. The Balaban J connectivity index is 1.21. The van der Waals surface area contributed by atoms with E-state index >= 15 is 8.78 Å². The molecule has 3 aliphatic rings. The Morgan fingerprint density at radius 3 is 2.14 bits per heavy atom. The first-order valence-corrected chi connectivity index (χ1v) is 23.3. The number of hydrogen-bond donors (Lipinski definition) is 1. The molecule has 3 aromatic rings. The van der Waals surface area contributed by atoms with Gasteiger partial charge >= 0.3 is 25.6 Å². The van der Waals surface area contributed by atoms with E-state index in [1.54, 1.807) is 4.90 Å². The number of amides is 4. The zero-order valence-corrected chi connectivity index (χ0v) is 38.0. The van der Waals surface area contributed by atoms with Gasteiger partial charge in [-0.2, -0.15) is 14.0 Å². The van der Waals surface area contributed by atoms with Gasteiger partial charge in [0, 0.05) is 55.3 Å². The minimum atomic E-state index is -5.71. The number of carbonyl (C=O) groups excluding carboxylic acids is 6. The third kappa shape index (κ3) is 11.2. The highest BCUT2D eigenvalue weighted by atomic mass is 32.1. The second kappa shape index (κ2) is 20.7. The fourth-order valence-corrected chi connectivity index (χ4v) is 10.2. The largest absolute Gasteiger partial charge is 0.510 e. The van der Waals surface area contributed by atoms with Crippen molar-refractivity contribution in [2.24, 2.45) is 5.92 Å². The van der Waals surface area contributed by atoms with E-state index in [0.717, 1.165) is 29.0 Å². The van der Waals surface area contributed by atoms with Crippen molar-refractivity contribution < 1.29 is 70.1 Å². The van der Waals surface area contributed by atoms with Gasteiger partial charge in [0.1, 0.15) is 12.1 Å². The fourth-order valence-electron chi connectivity index (χ4n) is 8.04. The van der Waals surface area contributed by atoms with E-state index in [0.29, 0.717) is 30.5 Å². The van der Waals surface area contributed by atoms with Gasteiger partial charge in [0.2, 0.25) is 31.3 Å². The lowest BCUT2D eigenvalue weighted by Crippen LogP contribution is -2.61. The van der Waals surface area contributed by atoms with Crippen molar-refractivity contribution in [2.45, 2.75) is 95.8 Å². The summed E-state index contributed by atoms with van der Waals surface area (Å²) < 4.78 is 75.1. The second-order valence-electron chi connectivity index (χ2n) is 16.3. The van der Waals surface area contributed by atoms with Crippen molar-refractivity contribution in [1.29, 1.82) is 5.26 Å². The summed E-state index contributed by atoms with van der Waals surface area (Å²) >= 11 is 0.901. The van der Waals surface area contributed by atoms with Crippen LogP contribution in [0.4, 0.5) is 18.4 Å². The van der Waals surface area contributed by atoms with Gasteiger partial charge in [-0.1, -0.05) is 36.4 Å². The van der Waals surface area contributed by atoms with Crippen molar-refractivity contribution in [3.63, 3.8) is 0 Å². The molecule has 65 heavy (non-hydrogen) atoms. The van der Waals surface area contributed by atoms with Crippen LogP contribution in [0.25, 0.3) is 10.1 Å². The maximum atomic E-state index is 16.3. The van der Waals surface area contributed by atoms with E-state index in [1.807, 2.05) is 30.3 Å². The minimum Gasteiger partial charge on any atom is -0.432 e. The van der Waals surface area contributed by atoms with Gasteiger partial charge in [0.25, 0.3) is 5.91 Å². The summed E-state index contributed by atoms with van der Waals surface area (Å²) in [5.74, 6) is -2.62. The molecule has 6 rings (SSSR count). The Labute approximate surface area is 377 Å². The topological polar surface area (TPSA) is 220 Å². The van der Waals surface area contributed by atoms with Crippen LogP contribution in [0, 0.1) is 17.2 Å². The standard InChI is InChI=1S/C43H50F2N5O13PS/c1-25(2)62-41(55)58-23-60-64(57,61-24-59-42(56)63-26(3)4)43(44,45)31-11-14-36-29(17-31)18-37(65-36)38(52)47-34-22-48(27(5)51)16-15-32-12-13-35(50(32)39(34)53)40(54)49-20-30(19-46)33(21-49)28-9-7-6-8-10-28/h6-11,14,17-18,25-26,30,32-35H,12-13,15-16,20-24H2,1-5H3,(H,47,52)/t30-,32-,33+,34?,35+/m1/s1. The van der Waals surface area contributed by atoms with Gasteiger partial charge in [-0.25, -0.2) is 9.59 Å². The lowest BCUT2D eigenvalue weighted by molar-refractivity contribution is -0.148. The number of nitrogens with zero attached hydrogens (tertiary/aromatic N) is 4. The number of rotatable bonds is 14. The summed E-state index contributed by atoms with van der Waals surface area (Å²) in [7, 11) is -5.71. The molecular weight excluding hydrogens is 896 g/mol. The molecule has 3 aliphatic heterocycles. The van der Waals surface area contributed by atoms with Crippen molar-refractivity contribution in [1.82, 2.24) is 20.0 Å². The summed E-state index contributed by atoms with van der Waals surface area (Å²) in [6.45, 7) is 5.29. The molecule has 0 saturated carbocycles. The number of carbonyl (C=O) groups is 6. The zero-order valence-electron chi connectivity index (χ0n) is 36.3. The molecule has 0 radical (unpaired) electrons. The monoisotopic (exact) mass is 945 g/mol. The van der Waals surface area contributed by atoms with Crippen LogP contribution in [0.1, 0.15) is 80.6 Å². The summed E-state index contributed by atoms with van der Waals surface area (Å²) in [6, 6.07) is 13.6. The quantitative estimate of drug-likeness (QED) is 0.101. The molecule has 4 amide bonds. The molecular formula is C43H50F2N5O13PS. The van der Waals surface area contributed by atoms with Gasteiger partial charge < -0.3 is 39.0 Å². The number of benzene rings is 2. The number of thiophene rings is 1. The minimum absolute atomic E-state index is 0.00771. The third-order valence-electron chi connectivity index (χ3n) is 11.1. The SMILES string of the molecule is CC(=O)N1CC[C@H]2CC[C@@H](C(=O)N3C[C@@H](C#N)[C@H](c4ccccc4)C3)N2C(=O)C(NC(=O)c2cc3cc(C(F)(F)P(=O)(OCOC(=O)OC(C)C)OCOC(=O)OC(C)C)ccc3s2)C1. The molecule has 18 nitrogen and oxygen atoms in total. The number of nitriles is 1. The van der Waals surface area contributed by atoms with Crippen LogP contribution < -0.4 is 5.32 Å². The normalized spacial score (nSPS) is 21.4. The highest BCUT2D eigenvalue weighted by Crippen LogP contribution is 2.67. The molecule has 22 heteroatoms. The number of nitrogens with one attached hydrogen (secondary N) is 1. The van der Waals surface area contributed by atoms with Crippen molar-refractivity contribution in [3.8, 4) is 6.07 Å². The van der Waals surface area contributed by atoms with Crippen LogP contribution >= 0.6 is 18.9 Å². The Hall–Kier alpha value is -5.68. The van der Waals surface area contributed by atoms with E-state index in [9.17, 15) is 38.6 Å². The number of halogens is 2. The number of alkyl halides is 2. The van der Waals surface area contributed by atoms with E-state index in [-0.39, 0.29) is 47.6 Å².